The predicted molar refractivity (Wildman–Crippen MR) is 133 cm³/mol. The first-order valence-electron chi connectivity index (χ1n) is 11.6. The van der Waals surface area contributed by atoms with Crippen molar-refractivity contribution in [3.8, 4) is 11.8 Å². The molecule has 0 unspecified atom stereocenters. The fourth-order valence-corrected chi connectivity index (χ4v) is 4.70. The number of nitrogens with zero attached hydrogens (tertiary/aromatic N) is 4. The zero-order valence-corrected chi connectivity index (χ0v) is 19.6. The Balaban J connectivity index is 1.42. The van der Waals surface area contributed by atoms with Crippen molar-refractivity contribution in [3.63, 3.8) is 0 Å². The summed E-state index contributed by atoms with van der Waals surface area (Å²) in [5.41, 5.74) is 5.92. The fraction of sp³-hybridized carbons (Fsp3) is 0.207. The number of benzene rings is 3. The van der Waals surface area contributed by atoms with Crippen LogP contribution in [0.15, 0.2) is 85.3 Å². The van der Waals surface area contributed by atoms with Crippen molar-refractivity contribution in [3.05, 3.63) is 119 Å². The van der Waals surface area contributed by atoms with E-state index in [2.05, 4.69) is 33.8 Å². The van der Waals surface area contributed by atoms with Gasteiger partial charge in [-0.2, -0.15) is 5.26 Å². The Kier molecular flexibility index (Phi) is 6.32. The lowest BCUT2D eigenvalue weighted by atomic mass is 9.93. The minimum Gasteiger partial charge on any atom is -0.497 e. The Labute approximate surface area is 205 Å². The molecule has 0 saturated heterocycles. The number of aromatic nitrogens is 2. The summed E-state index contributed by atoms with van der Waals surface area (Å²) in [5.74, 6) is 0.668. The lowest BCUT2D eigenvalue weighted by molar-refractivity contribution is 0.0617. The smallest absolute Gasteiger partial charge is 0.254 e. The van der Waals surface area contributed by atoms with Crippen LogP contribution in [-0.4, -0.2) is 33.5 Å². The summed E-state index contributed by atoms with van der Waals surface area (Å²) in [7, 11) is 1.61. The molecule has 0 bridgehead atoms. The van der Waals surface area contributed by atoms with Crippen molar-refractivity contribution in [2.75, 3.05) is 7.11 Å². The van der Waals surface area contributed by atoms with E-state index in [0.29, 0.717) is 36.4 Å². The van der Waals surface area contributed by atoms with Crippen molar-refractivity contribution in [2.24, 2.45) is 0 Å². The quantitative estimate of drug-likeness (QED) is 0.419. The van der Waals surface area contributed by atoms with Gasteiger partial charge in [0.1, 0.15) is 5.75 Å². The number of nitriles is 1. The molecule has 1 aromatic heterocycles. The van der Waals surface area contributed by atoms with Gasteiger partial charge in [-0.1, -0.05) is 42.5 Å². The number of amides is 1. The van der Waals surface area contributed by atoms with Gasteiger partial charge in [-0.05, 0) is 53.4 Å². The molecule has 0 fully saturated rings. The first kappa shape index (κ1) is 22.4. The Hall–Kier alpha value is -4.37. The second-order valence-electron chi connectivity index (χ2n) is 8.81. The summed E-state index contributed by atoms with van der Waals surface area (Å²) in [5, 5.41) is 9.06. The molecule has 0 N–H and O–H groups in total. The van der Waals surface area contributed by atoms with Crippen LogP contribution in [0.25, 0.3) is 0 Å². The van der Waals surface area contributed by atoms with Crippen molar-refractivity contribution in [1.82, 2.24) is 14.5 Å². The van der Waals surface area contributed by atoms with E-state index in [4.69, 9.17) is 10.00 Å². The van der Waals surface area contributed by atoms with Gasteiger partial charge in [0.2, 0.25) is 0 Å². The van der Waals surface area contributed by atoms with Crippen molar-refractivity contribution in [2.45, 2.75) is 32.0 Å². The van der Waals surface area contributed by atoms with Gasteiger partial charge in [0.05, 0.1) is 31.1 Å². The number of hydrogen-bond acceptors (Lipinski definition) is 4. The molecule has 35 heavy (non-hydrogen) atoms. The summed E-state index contributed by atoms with van der Waals surface area (Å²) in [6.45, 7) is 1.21. The Morgan fingerprint density at radius 1 is 1.09 bits per heavy atom. The molecule has 4 aromatic rings. The maximum Gasteiger partial charge on any atom is 0.254 e. The molecule has 0 saturated carbocycles. The maximum absolute atomic E-state index is 13.7. The second-order valence-corrected chi connectivity index (χ2v) is 8.81. The molecule has 174 valence electrons. The van der Waals surface area contributed by atoms with Gasteiger partial charge >= 0.3 is 0 Å². The number of fused-ring (bicyclic) bond motifs is 1. The summed E-state index contributed by atoms with van der Waals surface area (Å²) < 4.78 is 7.49. The van der Waals surface area contributed by atoms with Crippen LogP contribution in [0.3, 0.4) is 0 Å². The van der Waals surface area contributed by atoms with Gasteiger partial charge in [-0.25, -0.2) is 4.98 Å². The van der Waals surface area contributed by atoms with Gasteiger partial charge in [-0.15, -0.1) is 0 Å². The molecule has 1 aliphatic heterocycles. The standard InChI is InChI=1S/C29H26N4O2/c1-35-28-8-4-7-24(15-28)29(34)33-18-25-6-3-2-5-23(25)14-27(33)19-32-20-31-17-26(32)13-21-9-11-22(16-30)12-10-21/h2-12,15,17,20,27H,13-14,18-19H2,1H3/t27-/m0/s1. The monoisotopic (exact) mass is 462 g/mol. The molecule has 0 spiro atoms. The molecule has 5 rings (SSSR count). The van der Waals surface area contributed by atoms with E-state index in [1.807, 2.05) is 66.0 Å². The van der Waals surface area contributed by atoms with Crippen molar-refractivity contribution in [1.29, 1.82) is 5.26 Å². The Bertz CT molecular complexity index is 1380. The number of carbonyl (C=O) groups excluding carboxylic acids is 1. The average molecular weight is 463 g/mol. The molecule has 0 radical (unpaired) electrons. The van der Waals surface area contributed by atoms with Crippen LogP contribution in [0, 0.1) is 11.3 Å². The summed E-state index contributed by atoms with van der Waals surface area (Å²) in [6, 6.07) is 25.5. The van der Waals surface area contributed by atoms with Crippen molar-refractivity contribution < 1.29 is 9.53 Å². The average Bonchev–Trinajstić information content (AvgIpc) is 3.34. The Morgan fingerprint density at radius 3 is 2.66 bits per heavy atom. The molecule has 1 amide bonds. The van der Waals surface area contributed by atoms with E-state index >= 15 is 0 Å². The molecule has 1 aliphatic rings. The summed E-state index contributed by atoms with van der Waals surface area (Å²) >= 11 is 0. The third-order valence-electron chi connectivity index (χ3n) is 6.61. The minimum atomic E-state index is -0.0162. The van der Waals surface area contributed by atoms with Gasteiger partial charge < -0.3 is 14.2 Å². The summed E-state index contributed by atoms with van der Waals surface area (Å²) in [4.78, 5) is 20.1. The van der Waals surface area contributed by atoms with Crippen molar-refractivity contribution >= 4 is 5.91 Å². The zero-order chi connectivity index (χ0) is 24.2. The molecule has 3 aromatic carbocycles. The first-order chi connectivity index (χ1) is 17.1. The second kappa shape index (κ2) is 9.86. The lowest BCUT2D eigenvalue weighted by Crippen LogP contribution is -2.46. The highest BCUT2D eigenvalue weighted by atomic mass is 16.5. The Morgan fingerprint density at radius 2 is 1.89 bits per heavy atom. The van der Waals surface area contributed by atoms with Crippen LogP contribution in [0.2, 0.25) is 0 Å². The van der Waals surface area contributed by atoms with Gasteiger partial charge in [0.15, 0.2) is 0 Å². The third-order valence-corrected chi connectivity index (χ3v) is 6.61. The van der Waals surface area contributed by atoms with E-state index in [1.165, 1.54) is 11.1 Å². The molecule has 6 heteroatoms. The third kappa shape index (κ3) is 4.80. The molecular weight excluding hydrogens is 436 g/mol. The van der Waals surface area contributed by atoms with E-state index < -0.39 is 0 Å². The van der Waals surface area contributed by atoms with E-state index in [1.54, 1.807) is 13.2 Å². The van der Waals surface area contributed by atoms with Gasteiger partial charge in [0, 0.05) is 37.0 Å². The van der Waals surface area contributed by atoms with E-state index in [0.717, 1.165) is 17.7 Å². The van der Waals surface area contributed by atoms with Crippen LogP contribution in [-0.2, 0) is 25.9 Å². The van der Waals surface area contributed by atoms with Crippen LogP contribution in [0.4, 0.5) is 0 Å². The van der Waals surface area contributed by atoms with Crippen LogP contribution >= 0.6 is 0 Å². The van der Waals surface area contributed by atoms with E-state index in [9.17, 15) is 4.79 Å². The largest absolute Gasteiger partial charge is 0.497 e. The van der Waals surface area contributed by atoms with Crippen LogP contribution < -0.4 is 4.74 Å². The number of methoxy groups -OCH3 is 1. The van der Waals surface area contributed by atoms with Gasteiger partial charge in [-0.3, -0.25) is 4.79 Å². The number of carbonyl (C=O) groups is 1. The predicted octanol–water partition coefficient (Wildman–Crippen LogP) is 4.62. The molecule has 6 nitrogen and oxygen atoms in total. The highest BCUT2D eigenvalue weighted by Gasteiger charge is 2.31. The van der Waals surface area contributed by atoms with Crippen LogP contribution in [0.5, 0.6) is 5.75 Å². The molecular formula is C29H26N4O2. The van der Waals surface area contributed by atoms with E-state index in [-0.39, 0.29) is 11.9 Å². The van der Waals surface area contributed by atoms with Crippen LogP contribution in [0.1, 0.15) is 38.3 Å². The number of rotatable bonds is 6. The number of hydrogen-bond donors (Lipinski definition) is 0. The highest BCUT2D eigenvalue weighted by Crippen LogP contribution is 2.27. The van der Waals surface area contributed by atoms with Gasteiger partial charge in [0.25, 0.3) is 5.91 Å². The maximum atomic E-state index is 13.7. The SMILES string of the molecule is COc1cccc(C(=O)N2Cc3ccccc3C[C@H]2Cn2cncc2Cc2ccc(C#N)cc2)c1. The zero-order valence-electron chi connectivity index (χ0n) is 19.6. The lowest BCUT2D eigenvalue weighted by Gasteiger charge is -2.37. The summed E-state index contributed by atoms with van der Waals surface area (Å²) in [6.07, 6.45) is 5.20. The fourth-order valence-electron chi connectivity index (χ4n) is 4.70. The minimum absolute atomic E-state index is 0.00263. The molecule has 0 aliphatic carbocycles. The molecule has 2 heterocycles. The highest BCUT2D eigenvalue weighted by molar-refractivity contribution is 5.95. The first-order valence-corrected chi connectivity index (χ1v) is 11.6. The topological polar surface area (TPSA) is 71.2 Å². The normalized spacial score (nSPS) is 14.7. The molecule has 1 atom stereocenters. The number of imidazole rings is 1. The number of ether oxygens (including phenoxy) is 1.